The summed E-state index contributed by atoms with van der Waals surface area (Å²) in [6.45, 7) is -0.0223. The van der Waals surface area contributed by atoms with Gasteiger partial charge in [0.25, 0.3) is 5.91 Å². The molecule has 0 fully saturated rings. The Morgan fingerprint density at radius 2 is 1.63 bits per heavy atom. The molecule has 0 aromatic heterocycles. The van der Waals surface area contributed by atoms with Crippen LogP contribution in [0, 0.1) is 0 Å². The molecule has 11 heteroatoms. The molecule has 1 rings (SSSR count). The van der Waals surface area contributed by atoms with Crippen LogP contribution in [0.4, 0.5) is 18.0 Å². The average molecular weight is 392 g/mol. The Bertz CT molecular complexity index is 634. The summed E-state index contributed by atoms with van der Waals surface area (Å²) < 4.78 is 50.8. The SMILES string of the molecule is CCOc1ccc(OCCC(=O)OCC(=O)NC(=O)NCC(F)(F)F)cc1. The van der Waals surface area contributed by atoms with E-state index < -0.39 is 37.2 Å². The lowest BCUT2D eigenvalue weighted by Crippen LogP contribution is -2.44. The molecule has 0 aliphatic carbocycles. The van der Waals surface area contributed by atoms with Crippen LogP contribution < -0.4 is 20.1 Å². The molecule has 0 aliphatic rings. The summed E-state index contributed by atoms with van der Waals surface area (Å²) in [5.74, 6) is -0.651. The summed E-state index contributed by atoms with van der Waals surface area (Å²) in [5, 5.41) is 3.04. The van der Waals surface area contributed by atoms with Gasteiger partial charge in [-0.05, 0) is 31.2 Å². The number of hydrogen-bond acceptors (Lipinski definition) is 6. The number of carbonyl (C=O) groups excluding carboxylic acids is 3. The zero-order chi connectivity index (χ0) is 20.3. The fourth-order valence-electron chi connectivity index (χ4n) is 1.66. The van der Waals surface area contributed by atoms with Gasteiger partial charge < -0.3 is 19.5 Å². The summed E-state index contributed by atoms with van der Waals surface area (Å²) >= 11 is 0. The van der Waals surface area contributed by atoms with E-state index in [9.17, 15) is 27.6 Å². The Kier molecular flexibility index (Phi) is 8.90. The summed E-state index contributed by atoms with van der Waals surface area (Å²) in [7, 11) is 0. The number of amides is 3. The quantitative estimate of drug-likeness (QED) is 0.621. The van der Waals surface area contributed by atoms with Gasteiger partial charge in [-0.25, -0.2) is 4.79 Å². The second kappa shape index (κ2) is 10.9. The molecule has 0 radical (unpaired) electrons. The van der Waals surface area contributed by atoms with Crippen molar-refractivity contribution in [3.63, 3.8) is 0 Å². The molecule has 0 spiro atoms. The summed E-state index contributed by atoms with van der Waals surface area (Å²) in [5.41, 5.74) is 0. The molecule has 2 N–H and O–H groups in total. The van der Waals surface area contributed by atoms with Crippen molar-refractivity contribution in [1.82, 2.24) is 10.6 Å². The van der Waals surface area contributed by atoms with Crippen molar-refractivity contribution in [2.45, 2.75) is 19.5 Å². The number of benzene rings is 1. The fraction of sp³-hybridized carbons (Fsp3) is 0.438. The normalized spacial score (nSPS) is 10.7. The maximum atomic E-state index is 11.9. The minimum atomic E-state index is -4.60. The standard InChI is InChI=1S/C16H19F3N2O6/c1-2-25-11-3-5-12(6-4-11)26-8-7-14(23)27-9-13(22)21-15(24)20-10-16(17,18)19/h3-6H,2,7-10H2,1H3,(H2,20,21,22,24). The Morgan fingerprint density at radius 3 is 2.19 bits per heavy atom. The van der Waals surface area contributed by atoms with Gasteiger partial charge in [0.1, 0.15) is 18.0 Å². The number of halogens is 3. The van der Waals surface area contributed by atoms with E-state index in [2.05, 4.69) is 4.74 Å². The van der Waals surface area contributed by atoms with E-state index in [0.29, 0.717) is 18.1 Å². The van der Waals surface area contributed by atoms with Gasteiger partial charge in [-0.15, -0.1) is 0 Å². The van der Waals surface area contributed by atoms with Gasteiger partial charge in [-0.3, -0.25) is 14.9 Å². The third-order valence-electron chi connectivity index (χ3n) is 2.78. The van der Waals surface area contributed by atoms with Gasteiger partial charge >= 0.3 is 18.2 Å². The highest BCUT2D eigenvalue weighted by molar-refractivity contribution is 5.95. The minimum Gasteiger partial charge on any atom is -0.494 e. The van der Waals surface area contributed by atoms with Crippen molar-refractivity contribution in [3.05, 3.63) is 24.3 Å². The van der Waals surface area contributed by atoms with Gasteiger partial charge in [0.2, 0.25) is 0 Å². The second-order valence-electron chi connectivity index (χ2n) is 5.01. The van der Waals surface area contributed by atoms with E-state index in [4.69, 9.17) is 9.47 Å². The van der Waals surface area contributed by atoms with E-state index in [-0.39, 0.29) is 13.0 Å². The monoisotopic (exact) mass is 392 g/mol. The molecule has 0 unspecified atom stereocenters. The van der Waals surface area contributed by atoms with Gasteiger partial charge in [-0.2, -0.15) is 13.2 Å². The molecule has 3 amide bonds. The lowest BCUT2D eigenvalue weighted by Gasteiger charge is -2.10. The van der Waals surface area contributed by atoms with Crippen LogP contribution in [0.3, 0.4) is 0 Å². The Morgan fingerprint density at radius 1 is 1.04 bits per heavy atom. The molecule has 0 heterocycles. The van der Waals surface area contributed by atoms with Crippen molar-refractivity contribution in [1.29, 1.82) is 0 Å². The van der Waals surface area contributed by atoms with Gasteiger partial charge in [0.05, 0.1) is 19.6 Å². The molecule has 27 heavy (non-hydrogen) atoms. The molecule has 0 saturated heterocycles. The zero-order valence-corrected chi connectivity index (χ0v) is 14.4. The number of ether oxygens (including phenoxy) is 3. The third-order valence-corrected chi connectivity index (χ3v) is 2.78. The Hall–Kier alpha value is -2.98. The Balaban J connectivity index is 2.19. The van der Waals surface area contributed by atoms with Crippen LogP contribution >= 0.6 is 0 Å². The molecular weight excluding hydrogens is 373 g/mol. The third kappa shape index (κ3) is 10.6. The lowest BCUT2D eigenvalue weighted by atomic mass is 10.3. The highest BCUT2D eigenvalue weighted by Crippen LogP contribution is 2.17. The number of urea groups is 1. The molecule has 0 atom stereocenters. The van der Waals surface area contributed by atoms with E-state index in [1.54, 1.807) is 29.6 Å². The van der Waals surface area contributed by atoms with Crippen molar-refractivity contribution < 1.29 is 41.8 Å². The number of carbonyl (C=O) groups is 3. The zero-order valence-electron chi connectivity index (χ0n) is 14.4. The molecule has 0 aliphatic heterocycles. The van der Waals surface area contributed by atoms with E-state index in [1.807, 2.05) is 6.92 Å². The van der Waals surface area contributed by atoms with Crippen molar-refractivity contribution in [3.8, 4) is 11.5 Å². The lowest BCUT2D eigenvalue weighted by molar-refractivity contribution is -0.148. The topological polar surface area (TPSA) is 103 Å². The molecule has 1 aromatic carbocycles. The van der Waals surface area contributed by atoms with E-state index in [0.717, 1.165) is 0 Å². The van der Waals surface area contributed by atoms with Crippen molar-refractivity contribution >= 4 is 17.9 Å². The molecule has 1 aromatic rings. The summed E-state index contributed by atoms with van der Waals surface area (Å²) in [6, 6.07) is 5.37. The van der Waals surface area contributed by atoms with Crippen molar-refractivity contribution in [2.75, 3.05) is 26.4 Å². The van der Waals surface area contributed by atoms with Crippen LogP contribution in [-0.2, 0) is 14.3 Å². The smallest absolute Gasteiger partial charge is 0.405 e. The van der Waals surface area contributed by atoms with Crippen LogP contribution in [0.2, 0.25) is 0 Å². The van der Waals surface area contributed by atoms with Crippen LogP contribution in [0.25, 0.3) is 0 Å². The molecule has 8 nitrogen and oxygen atoms in total. The van der Waals surface area contributed by atoms with Gasteiger partial charge in [0.15, 0.2) is 6.61 Å². The maximum Gasteiger partial charge on any atom is 0.405 e. The number of nitrogens with one attached hydrogen (secondary N) is 2. The number of hydrogen-bond donors (Lipinski definition) is 2. The molecular formula is C16H19F3N2O6. The second-order valence-corrected chi connectivity index (χ2v) is 5.01. The van der Waals surface area contributed by atoms with Crippen molar-refractivity contribution in [2.24, 2.45) is 0 Å². The van der Waals surface area contributed by atoms with Gasteiger partial charge in [-0.1, -0.05) is 0 Å². The largest absolute Gasteiger partial charge is 0.494 e. The minimum absolute atomic E-state index is 0.0134. The fourth-order valence-corrected chi connectivity index (χ4v) is 1.66. The first kappa shape index (κ1) is 22.1. The highest BCUT2D eigenvalue weighted by atomic mass is 19.4. The first-order chi connectivity index (χ1) is 12.7. The average Bonchev–Trinajstić information content (AvgIpc) is 2.59. The predicted molar refractivity (Wildman–Crippen MR) is 86.3 cm³/mol. The van der Waals surface area contributed by atoms with Crippen LogP contribution in [0.1, 0.15) is 13.3 Å². The maximum absolute atomic E-state index is 11.9. The first-order valence-electron chi connectivity index (χ1n) is 7.85. The summed E-state index contributed by atoms with van der Waals surface area (Å²) in [6.07, 6.45) is -4.77. The van der Waals surface area contributed by atoms with Gasteiger partial charge in [0, 0.05) is 0 Å². The number of imide groups is 1. The number of alkyl halides is 3. The molecule has 0 saturated carbocycles. The molecule has 150 valence electrons. The van der Waals surface area contributed by atoms with Crippen LogP contribution in [-0.4, -0.2) is 50.4 Å². The number of esters is 1. The number of rotatable bonds is 9. The Labute approximate surface area is 153 Å². The van der Waals surface area contributed by atoms with Crippen LogP contribution in [0.15, 0.2) is 24.3 Å². The van der Waals surface area contributed by atoms with E-state index >= 15 is 0 Å². The predicted octanol–water partition coefficient (Wildman–Crippen LogP) is 1.79. The van der Waals surface area contributed by atoms with E-state index in [1.165, 1.54) is 5.32 Å². The molecule has 0 bridgehead atoms. The summed E-state index contributed by atoms with van der Waals surface area (Å²) in [4.78, 5) is 33.8. The van der Waals surface area contributed by atoms with Crippen LogP contribution in [0.5, 0.6) is 11.5 Å². The first-order valence-corrected chi connectivity index (χ1v) is 7.85. The highest BCUT2D eigenvalue weighted by Gasteiger charge is 2.28.